The monoisotopic (exact) mass is 585 g/mol. The second kappa shape index (κ2) is 12.3. The number of sulfonamides is 1. The molecule has 3 atom stereocenters. The van der Waals surface area contributed by atoms with Crippen LogP contribution in [0.15, 0.2) is 60.0 Å². The molecule has 13 heteroatoms. The van der Waals surface area contributed by atoms with E-state index in [0.717, 1.165) is 5.56 Å². The molecule has 1 aliphatic heterocycles. The molecule has 220 valence electrons. The maximum atomic E-state index is 13.7. The number of nitrogens with zero attached hydrogens (tertiary/aromatic N) is 4. The number of amides is 1. The highest BCUT2D eigenvalue weighted by atomic mass is 32.2. The molecular weight excluding hydrogens is 550 g/mol. The van der Waals surface area contributed by atoms with E-state index >= 15 is 0 Å². The summed E-state index contributed by atoms with van der Waals surface area (Å²) in [6.45, 7) is 4.84. The molecule has 0 fully saturated rings. The summed E-state index contributed by atoms with van der Waals surface area (Å²) in [7, 11) is -0.400. The third-order valence-electron chi connectivity index (χ3n) is 7.02. The van der Waals surface area contributed by atoms with Gasteiger partial charge in [0, 0.05) is 44.5 Å². The molecule has 0 unspecified atom stereocenters. The van der Waals surface area contributed by atoms with E-state index in [1.807, 2.05) is 14.0 Å². The fourth-order valence-corrected chi connectivity index (χ4v) is 5.71. The van der Waals surface area contributed by atoms with Gasteiger partial charge >= 0.3 is 5.97 Å². The molecule has 3 N–H and O–H groups in total. The number of aliphatic hydroxyl groups excluding tert-OH is 1. The van der Waals surface area contributed by atoms with Crippen LogP contribution in [0.3, 0.4) is 0 Å². The predicted molar refractivity (Wildman–Crippen MR) is 151 cm³/mol. The summed E-state index contributed by atoms with van der Waals surface area (Å²) in [5.74, 6) is -1.16. The van der Waals surface area contributed by atoms with E-state index in [9.17, 15) is 23.1 Å². The van der Waals surface area contributed by atoms with Crippen molar-refractivity contribution >= 4 is 27.6 Å². The van der Waals surface area contributed by atoms with E-state index in [1.165, 1.54) is 29.2 Å². The Labute approximate surface area is 239 Å². The number of imidazole rings is 1. The predicted octanol–water partition coefficient (Wildman–Crippen LogP) is 2.27. The van der Waals surface area contributed by atoms with Crippen molar-refractivity contribution in [3.63, 3.8) is 0 Å². The van der Waals surface area contributed by atoms with E-state index in [-0.39, 0.29) is 46.4 Å². The van der Waals surface area contributed by atoms with E-state index < -0.39 is 22.0 Å². The molecule has 4 rings (SSSR count). The van der Waals surface area contributed by atoms with Gasteiger partial charge in [-0.2, -0.15) is 8.42 Å². The molecular formula is C28H35N5O7S. The number of rotatable bonds is 10. The van der Waals surface area contributed by atoms with Crippen LogP contribution in [0, 0.1) is 5.92 Å². The molecule has 12 nitrogen and oxygen atoms in total. The summed E-state index contributed by atoms with van der Waals surface area (Å²) >= 11 is 0. The number of carbonyl (C=O) groups is 2. The van der Waals surface area contributed by atoms with Gasteiger partial charge in [0.05, 0.1) is 30.1 Å². The number of likely N-dealkylation sites (N-methyl/N-ethyl adjacent to an activating group) is 1. The molecule has 3 aromatic rings. The van der Waals surface area contributed by atoms with Gasteiger partial charge in [-0.15, -0.1) is 0 Å². The standard InChI is InChI=1S/C28H35N5O7S/c1-18-12-33(19(2)16-34)27(35)23-11-22(30-41(38,39)26-15-32(4)17-29-26)9-10-24(23)40-25(18)14-31(3)13-20-5-7-21(8-6-20)28(36)37/h5-11,15,17-19,25,30,34H,12-14,16H2,1-4H3,(H,36,37)/t18-,19-,25-/m0/s1. The van der Waals surface area contributed by atoms with Crippen molar-refractivity contribution in [3.05, 3.63) is 71.7 Å². The Morgan fingerprint density at radius 2 is 1.95 bits per heavy atom. The number of aromatic carboxylic acids is 1. The number of ether oxygens (including phenoxy) is 1. The van der Waals surface area contributed by atoms with Gasteiger partial charge in [0.1, 0.15) is 11.9 Å². The van der Waals surface area contributed by atoms with Gasteiger partial charge in [0.15, 0.2) is 5.03 Å². The number of carbonyl (C=O) groups excluding carboxylic acids is 1. The van der Waals surface area contributed by atoms with Crippen LogP contribution in [0.1, 0.15) is 40.1 Å². The third-order valence-corrected chi connectivity index (χ3v) is 8.28. The zero-order valence-electron chi connectivity index (χ0n) is 23.4. The van der Waals surface area contributed by atoms with Crippen molar-refractivity contribution in [2.24, 2.45) is 13.0 Å². The van der Waals surface area contributed by atoms with Crippen LogP contribution in [-0.4, -0.2) is 88.7 Å². The smallest absolute Gasteiger partial charge is 0.335 e. The molecule has 41 heavy (non-hydrogen) atoms. The number of carboxylic acid groups (broad SMARTS) is 1. The number of carboxylic acids is 1. The lowest BCUT2D eigenvalue weighted by Crippen LogP contribution is -2.49. The zero-order chi connectivity index (χ0) is 29.9. The largest absolute Gasteiger partial charge is 0.488 e. The molecule has 1 aromatic heterocycles. The first-order valence-electron chi connectivity index (χ1n) is 13.1. The van der Waals surface area contributed by atoms with Crippen LogP contribution in [0.4, 0.5) is 5.69 Å². The lowest BCUT2D eigenvalue weighted by atomic mass is 9.99. The maximum absolute atomic E-state index is 13.7. The number of nitrogens with one attached hydrogen (secondary N) is 1. The minimum Gasteiger partial charge on any atom is -0.488 e. The second-order valence-corrected chi connectivity index (χ2v) is 12.1. The molecule has 0 spiro atoms. The van der Waals surface area contributed by atoms with Gasteiger partial charge in [0.25, 0.3) is 15.9 Å². The summed E-state index contributed by atoms with van der Waals surface area (Å²) < 4.78 is 36.1. The van der Waals surface area contributed by atoms with Crippen molar-refractivity contribution in [2.45, 2.75) is 37.6 Å². The molecule has 0 radical (unpaired) electrons. The van der Waals surface area contributed by atoms with Gasteiger partial charge in [0.2, 0.25) is 0 Å². The Hall–Kier alpha value is -3.94. The van der Waals surface area contributed by atoms with Gasteiger partial charge < -0.3 is 24.4 Å². The van der Waals surface area contributed by atoms with E-state index in [2.05, 4.69) is 14.6 Å². The third kappa shape index (κ3) is 7.04. The first-order chi connectivity index (χ1) is 19.4. The van der Waals surface area contributed by atoms with Crippen LogP contribution in [0.25, 0.3) is 0 Å². The molecule has 0 saturated heterocycles. The fraction of sp³-hybridized carbons (Fsp3) is 0.393. The van der Waals surface area contributed by atoms with Crippen LogP contribution in [0.2, 0.25) is 0 Å². The SMILES string of the molecule is C[C@H]1CN([C@@H](C)CO)C(=O)c2cc(NS(=O)(=O)c3cn(C)cn3)ccc2O[C@H]1CN(C)Cc1ccc(C(=O)O)cc1. The van der Waals surface area contributed by atoms with Gasteiger partial charge in [-0.1, -0.05) is 19.1 Å². The summed E-state index contributed by atoms with van der Waals surface area (Å²) in [4.78, 5) is 32.4. The van der Waals surface area contributed by atoms with E-state index in [1.54, 1.807) is 49.2 Å². The van der Waals surface area contributed by atoms with Crippen molar-refractivity contribution in [3.8, 4) is 5.75 Å². The number of hydrogen-bond donors (Lipinski definition) is 3. The van der Waals surface area contributed by atoms with Crippen LogP contribution >= 0.6 is 0 Å². The van der Waals surface area contributed by atoms with Crippen molar-refractivity contribution in [2.75, 3.05) is 31.5 Å². The molecule has 0 bridgehead atoms. The molecule has 1 amide bonds. The Kier molecular flexibility index (Phi) is 9.00. The summed E-state index contributed by atoms with van der Waals surface area (Å²) in [5, 5.41) is 18.9. The molecule has 1 aliphatic rings. The first-order valence-corrected chi connectivity index (χ1v) is 14.6. The molecule has 0 aliphatic carbocycles. The van der Waals surface area contributed by atoms with Gasteiger partial charge in [-0.3, -0.25) is 14.4 Å². The highest BCUT2D eigenvalue weighted by molar-refractivity contribution is 7.92. The number of fused-ring (bicyclic) bond motifs is 1. The molecule has 2 heterocycles. The first kappa shape index (κ1) is 30.0. The fourth-order valence-electron chi connectivity index (χ4n) is 4.68. The highest BCUT2D eigenvalue weighted by Gasteiger charge is 2.34. The minimum atomic E-state index is -3.99. The molecule has 0 saturated carbocycles. The van der Waals surface area contributed by atoms with Crippen LogP contribution < -0.4 is 9.46 Å². The lowest BCUT2D eigenvalue weighted by molar-refractivity contribution is 0.0341. The summed E-state index contributed by atoms with van der Waals surface area (Å²) in [6, 6.07) is 10.7. The van der Waals surface area contributed by atoms with E-state index in [4.69, 9.17) is 9.84 Å². The molecule has 2 aromatic carbocycles. The average Bonchev–Trinajstić information content (AvgIpc) is 3.38. The number of hydrogen-bond acceptors (Lipinski definition) is 8. The number of aryl methyl sites for hydroxylation is 1. The maximum Gasteiger partial charge on any atom is 0.335 e. The minimum absolute atomic E-state index is 0.111. The number of aromatic nitrogens is 2. The van der Waals surface area contributed by atoms with Crippen molar-refractivity contribution < 1.29 is 33.0 Å². The average molecular weight is 586 g/mol. The topological polar surface area (TPSA) is 154 Å². The Morgan fingerprint density at radius 1 is 1.24 bits per heavy atom. The number of aliphatic hydroxyl groups is 1. The second-order valence-electron chi connectivity index (χ2n) is 10.5. The van der Waals surface area contributed by atoms with E-state index in [0.29, 0.717) is 25.4 Å². The Bertz CT molecular complexity index is 1510. The lowest BCUT2D eigenvalue weighted by Gasteiger charge is -2.38. The number of benzene rings is 2. The van der Waals surface area contributed by atoms with Gasteiger partial charge in [-0.05, 0) is 49.9 Å². The summed E-state index contributed by atoms with van der Waals surface area (Å²) in [6.07, 6.45) is 2.40. The van der Waals surface area contributed by atoms with Gasteiger partial charge in [-0.25, -0.2) is 9.78 Å². The Morgan fingerprint density at radius 3 is 2.56 bits per heavy atom. The Balaban J connectivity index is 1.60. The summed E-state index contributed by atoms with van der Waals surface area (Å²) in [5.41, 5.74) is 1.51. The highest BCUT2D eigenvalue weighted by Crippen LogP contribution is 2.31. The zero-order valence-corrected chi connectivity index (χ0v) is 24.2. The van der Waals surface area contributed by atoms with Crippen LogP contribution in [-0.2, 0) is 23.6 Å². The number of anilines is 1. The normalized spacial score (nSPS) is 18.3. The van der Waals surface area contributed by atoms with Crippen molar-refractivity contribution in [1.29, 1.82) is 0 Å². The van der Waals surface area contributed by atoms with Crippen LogP contribution in [0.5, 0.6) is 5.75 Å². The van der Waals surface area contributed by atoms with Crippen molar-refractivity contribution in [1.82, 2.24) is 19.4 Å². The quantitative estimate of drug-likeness (QED) is 0.325.